The molecule has 6 nitrogen and oxygen atoms in total. The van der Waals surface area contributed by atoms with Crippen molar-refractivity contribution in [2.24, 2.45) is 0 Å². The average Bonchev–Trinajstić information content (AvgIpc) is 2.94. The zero-order valence-corrected chi connectivity index (χ0v) is 20.3. The third-order valence-electron chi connectivity index (χ3n) is 7.15. The number of aliphatic hydroxyl groups is 1. The zero-order chi connectivity index (χ0) is 23.5. The van der Waals surface area contributed by atoms with Gasteiger partial charge in [0.15, 0.2) is 0 Å². The molecule has 2 unspecified atom stereocenters. The van der Waals surface area contributed by atoms with Crippen molar-refractivity contribution >= 4 is 23.4 Å². The van der Waals surface area contributed by atoms with Crippen LogP contribution in [0.1, 0.15) is 31.7 Å². The van der Waals surface area contributed by atoms with Gasteiger partial charge in [-0.15, -0.1) is 11.8 Å². The van der Waals surface area contributed by atoms with Crippen LogP contribution in [0.5, 0.6) is 5.75 Å². The summed E-state index contributed by atoms with van der Waals surface area (Å²) in [5.41, 5.74) is 1.00. The highest BCUT2D eigenvalue weighted by Crippen LogP contribution is 2.50. The summed E-state index contributed by atoms with van der Waals surface area (Å²) in [5.74, 6) is -0.236. The Hall–Kier alpha value is -2.22. The highest BCUT2D eigenvalue weighted by molar-refractivity contribution is 8.01. The third kappa shape index (κ3) is 5.00. The van der Waals surface area contributed by atoms with Crippen molar-refractivity contribution in [2.45, 2.75) is 47.9 Å². The van der Waals surface area contributed by atoms with Gasteiger partial charge in [0.05, 0.1) is 12.7 Å². The molecule has 2 N–H and O–H groups in total. The number of methoxy groups -OCH3 is 1. The number of thioether (sulfide) groups is 1. The highest BCUT2D eigenvalue weighted by Gasteiger charge is 2.55. The van der Waals surface area contributed by atoms with E-state index >= 15 is 0 Å². The van der Waals surface area contributed by atoms with E-state index < -0.39 is 16.3 Å². The molecule has 2 aromatic carbocycles. The van der Waals surface area contributed by atoms with E-state index in [4.69, 9.17) is 4.74 Å². The first-order chi connectivity index (χ1) is 15.8. The smallest absolute Gasteiger partial charge is 0.323 e. The lowest BCUT2D eigenvalue weighted by Gasteiger charge is -2.41. The first-order valence-corrected chi connectivity index (χ1v) is 12.5. The van der Waals surface area contributed by atoms with Gasteiger partial charge in [0.25, 0.3) is 0 Å². The second-order valence-corrected chi connectivity index (χ2v) is 10.6. The maximum absolute atomic E-state index is 12.7. The molecule has 0 bridgehead atoms. The molecule has 0 spiro atoms. The van der Waals surface area contributed by atoms with Gasteiger partial charge in [0.1, 0.15) is 10.5 Å². The summed E-state index contributed by atoms with van der Waals surface area (Å²) in [7, 11) is 1.61. The largest absolute Gasteiger partial charge is 0.497 e. The second-order valence-electron chi connectivity index (χ2n) is 9.25. The number of carboxylic acid groups (broad SMARTS) is 1. The summed E-state index contributed by atoms with van der Waals surface area (Å²) in [6.07, 6.45) is 2.20. The molecule has 4 rings (SSSR count). The fourth-order valence-corrected chi connectivity index (χ4v) is 6.47. The van der Waals surface area contributed by atoms with Gasteiger partial charge in [-0.3, -0.25) is 9.69 Å². The van der Waals surface area contributed by atoms with Gasteiger partial charge >= 0.3 is 5.97 Å². The third-order valence-corrected chi connectivity index (χ3v) is 8.92. The molecule has 2 aromatic rings. The number of piperazine rings is 1. The Kier molecular flexibility index (Phi) is 7.22. The Bertz CT molecular complexity index is 960. The zero-order valence-electron chi connectivity index (χ0n) is 19.5. The van der Waals surface area contributed by atoms with Crippen LogP contribution in [0.2, 0.25) is 0 Å². The standard InChI is InChI=1S/C26H34N2O4S/c1-25(31)13-11-20-9-10-22(32-2)19-23(20)33-26(25,24(29)30)12-6-14-27-15-17-28(18-16-27)21-7-4-3-5-8-21/h3-5,7-10,19,31H,6,11-18H2,1-2H3,(H,29,30). The molecule has 33 heavy (non-hydrogen) atoms. The van der Waals surface area contributed by atoms with Gasteiger partial charge in [-0.2, -0.15) is 0 Å². The number of rotatable bonds is 7. The van der Waals surface area contributed by atoms with E-state index in [-0.39, 0.29) is 0 Å². The molecule has 1 saturated heterocycles. The van der Waals surface area contributed by atoms with Crippen molar-refractivity contribution in [3.63, 3.8) is 0 Å². The van der Waals surface area contributed by atoms with Crippen molar-refractivity contribution in [1.29, 1.82) is 0 Å². The molecule has 2 atom stereocenters. The first-order valence-electron chi connectivity index (χ1n) is 11.7. The van der Waals surface area contributed by atoms with E-state index in [0.717, 1.165) is 49.6 Å². The van der Waals surface area contributed by atoms with Crippen LogP contribution in [0, 0.1) is 0 Å². The number of aryl methyl sites for hydroxylation is 1. The summed E-state index contributed by atoms with van der Waals surface area (Å²) >= 11 is 1.30. The molecule has 1 fully saturated rings. The van der Waals surface area contributed by atoms with Gasteiger partial charge < -0.3 is 19.8 Å². The van der Waals surface area contributed by atoms with E-state index in [1.165, 1.54) is 17.4 Å². The molecule has 0 aliphatic carbocycles. The summed E-state index contributed by atoms with van der Waals surface area (Å²) in [5, 5.41) is 21.7. The number of para-hydroxylation sites is 1. The van der Waals surface area contributed by atoms with Crippen LogP contribution in [0.25, 0.3) is 0 Å². The fraction of sp³-hybridized carbons (Fsp3) is 0.500. The number of carbonyl (C=O) groups is 1. The minimum Gasteiger partial charge on any atom is -0.497 e. The van der Waals surface area contributed by atoms with Crippen LogP contribution in [0.4, 0.5) is 5.69 Å². The Morgan fingerprint density at radius 2 is 1.85 bits per heavy atom. The molecule has 0 amide bonds. The average molecular weight is 471 g/mol. The lowest BCUT2D eigenvalue weighted by Crippen LogP contribution is -2.55. The first kappa shape index (κ1) is 23.9. The SMILES string of the molecule is COc1ccc2c(c1)SC(CCCN1CCN(c3ccccc3)CC1)(C(=O)O)C(C)(O)CC2. The number of hydrogen-bond acceptors (Lipinski definition) is 6. The van der Waals surface area contributed by atoms with Gasteiger partial charge in [-0.25, -0.2) is 0 Å². The molecule has 0 aromatic heterocycles. The Balaban J connectivity index is 1.42. The number of hydrogen-bond donors (Lipinski definition) is 2. The topological polar surface area (TPSA) is 73.2 Å². The number of benzene rings is 2. The van der Waals surface area contributed by atoms with Crippen molar-refractivity contribution in [3.05, 3.63) is 54.1 Å². The number of fused-ring (bicyclic) bond motifs is 1. The molecule has 2 aliphatic heterocycles. The summed E-state index contributed by atoms with van der Waals surface area (Å²) in [6.45, 7) is 6.37. The van der Waals surface area contributed by atoms with E-state index in [0.29, 0.717) is 25.0 Å². The molecule has 2 aliphatic rings. The van der Waals surface area contributed by atoms with Crippen molar-refractivity contribution in [2.75, 3.05) is 44.7 Å². The van der Waals surface area contributed by atoms with Crippen LogP contribution in [0.3, 0.4) is 0 Å². The predicted molar refractivity (Wildman–Crippen MR) is 132 cm³/mol. The van der Waals surface area contributed by atoms with E-state index in [9.17, 15) is 15.0 Å². The van der Waals surface area contributed by atoms with Gasteiger partial charge in [0, 0.05) is 36.8 Å². The van der Waals surface area contributed by atoms with Gasteiger partial charge in [0.2, 0.25) is 0 Å². The van der Waals surface area contributed by atoms with Gasteiger partial charge in [-0.05, 0) is 69.0 Å². The second kappa shape index (κ2) is 9.95. The molecule has 0 saturated carbocycles. The molecule has 178 valence electrons. The monoisotopic (exact) mass is 470 g/mol. The summed E-state index contributed by atoms with van der Waals surface area (Å²) < 4.78 is 4.07. The van der Waals surface area contributed by atoms with Crippen LogP contribution in [-0.4, -0.2) is 71.3 Å². The normalized spacial score (nSPS) is 25.8. The Labute approximate surface area is 200 Å². The number of carboxylic acids is 1. The minimum atomic E-state index is -1.32. The molecule has 0 radical (unpaired) electrons. The lowest BCUT2D eigenvalue weighted by molar-refractivity contribution is -0.148. The molecular formula is C26H34N2O4S. The number of ether oxygens (including phenoxy) is 1. The minimum absolute atomic E-state index is 0.412. The van der Waals surface area contributed by atoms with E-state index in [1.54, 1.807) is 14.0 Å². The maximum atomic E-state index is 12.7. The molecule has 7 heteroatoms. The van der Waals surface area contributed by atoms with E-state index in [1.807, 2.05) is 24.3 Å². The molecular weight excluding hydrogens is 436 g/mol. The number of anilines is 1. The highest BCUT2D eigenvalue weighted by atomic mass is 32.2. The van der Waals surface area contributed by atoms with Crippen LogP contribution >= 0.6 is 11.8 Å². The van der Waals surface area contributed by atoms with Crippen molar-refractivity contribution in [3.8, 4) is 5.75 Å². The quantitative estimate of drug-likeness (QED) is 0.636. The van der Waals surface area contributed by atoms with Crippen LogP contribution in [0.15, 0.2) is 53.4 Å². The predicted octanol–water partition coefficient (Wildman–Crippen LogP) is 3.91. The van der Waals surface area contributed by atoms with Crippen LogP contribution < -0.4 is 9.64 Å². The lowest BCUT2D eigenvalue weighted by atomic mass is 9.80. The van der Waals surface area contributed by atoms with Gasteiger partial charge in [-0.1, -0.05) is 24.3 Å². The molecule has 2 heterocycles. The number of nitrogens with zero attached hydrogens (tertiary/aromatic N) is 2. The Morgan fingerprint density at radius 1 is 1.12 bits per heavy atom. The summed E-state index contributed by atoms with van der Waals surface area (Å²) in [4.78, 5) is 18.4. The Morgan fingerprint density at radius 3 is 2.52 bits per heavy atom. The maximum Gasteiger partial charge on any atom is 0.323 e. The fourth-order valence-electron chi connectivity index (χ4n) is 4.96. The van der Waals surface area contributed by atoms with E-state index in [2.05, 4.69) is 34.1 Å². The van der Waals surface area contributed by atoms with Crippen molar-refractivity contribution in [1.82, 2.24) is 4.90 Å². The number of aliphatic carboxylic acids is 1. The van der Waals surface area contributed by atoms with Crippen LogP contribution in [-0.2, 0) is 11.2 Å². The van der Waals surface area contributed by atoms with Crippen molar-refractivity contribution < 1.29 is 19.7 Å². The summed E-state index contributed by atoms with van der Waals surface area (Å²) in [6, 6.07) is 16.2.